The van der Waals surface area contributed by atoms with Crippen molar-refractivity contribution in [2.24, 2.45) is 0 Å². The zero-order valence-electron chi connectivity index (χ0n) is 11.5. The van der Waals surface area contributed by atoms with Crippen LogP contribution < -0.4 is 10.1 Å². The summed E-state index contributed by atoms with van der Waals surface area (Å²) in [6, 6.07) is 9.23. The van der Waals surface area contributed by atoms with Crippen molar-refractivity contribution in [3.8, 4) is 11.6 Å². The van der Waals surface area contributed by atoms with Gasteiger partial charge < -0.3 is 10.1 Å². The Kier molecular flexibility index (Phi) is 4.22. The molecule has 0 aliphatic carbocycles. The van der Waals surface area contributed by atoms with Crippen LogP contribution in [0.2, 0.25) is 5.02 Å². The Bertz CT molecular complexity index is 760. The lowest BCUT2D eigenvalue weighted by Gasteiger charge is -2.09. The fraction of sp³-hybridized carbons (Fsp3) is 0.200. The maximum absolute atomic E-state index is 5.98. The number of aromatic nitrogens is 2. The average Bonchev–Trinajstić information content (AvgIpc) is 2.94. The van der Waals surface area contributed by atoms with Crippen molar-refractivity contribution in [3.05, 3.63) is 40.7 Å². The van der Waals surface area contributed by atoms with Crippen molar-refractivity contribution in [1.29, 1.82) is 0 Å². The summed E-state index contributed by atoms with van der Waals surface area (Å²) in [7, 11) is 0. The molecule has 0 aliphatic heterocycles. The molecule has 0 radical (unpaired) electrons. The van der Waals surface area contributed by atoms with Crippen molar-refractivity contribution in [2.75, 3.05) is 11.9 Å². The normalized spacial score (nSPS) is 10.8. The number of thiophene rings is 1. The van der Waals surface area contributed by atoms with Crippen molar-refractivity contribution in [1.82, 2.24) is 9.97 Å². The van der Waals surface area contributed by atoms with Gasteiger partial charge in [0.05, 0.1) is 5.39 Å². The van der Waals surface area contributed by atoms with E-state index in [0.717, 1.165) is 23.2 Å². The zero-order chi connectivity index (χ0) is 14.7. The lowest BCUT2D eigenvalue weighted by Crippen LogP contribution is -2.04. The molecule has 108 valence electrons. The van der Waals surface area contributed by atoms with Gasteiger partial charge in [-0.15, -0.1) is 11.3 Å². The van der Waals surface area contributed by atoms with E-state index < -0.39 is 0 Å². The highest BCUT2D eigenvalue weighted by molar-refractivity contribution is 7.16. The molecule has 0 amide bonds. The number of nitrogens with zero attached hydrogens (tertiary/aromatic N) is 2. The van der Waals surface area contributed by atoms with Crippen LogP contribution in [0.15, 0.2) is 35.7 Å². The predicted molar refractivity (Wildman–Crippen MR) is 87.7 cm³/mol. The van der Waals surface area contributed by atoms with E-state index >= 15 is 0 Å². The zero-order valence-corrected chi connectivity index (χ0v) is 13.0. The monoisotopic (exact) mass is 319 g/mol. The molecule has 0 bridgehead atoms. The Morgan fingerprint density at radius 3 is 3.00 bits per heavy atom. The molecule has 0 aliphatic rings. The number of ether oxygens (including phenoxy) is 1. The lowest BCUT2D eigenvalue weighted by atomic mass is 10.3. The molecule has 21 heavy (non-hydrogen) atoms. The topological polar surface area (TPSA) is 47.0 Å². The number of nitrogens with one attached hydrogen (secondary N) is 1. The number of anilines is 1. The second-order valence-electron chi connectivity index (χ2n) is 4.48. The van der Waals surface area contributed by atoms with Crippen LogP contribution in [-0.4, -0.2) is 16.5 Å². The molecule has 0 unspecified atom stereocenters. The molecule has 3 rings (SSSR count). The van der Waals surface area contributed by atoms with E-state index in [9.17, 15) is 0 Å². The highest BCUT2D eigenvalue weighted by Crippen LogP contribution is 2.32. The molecule has 3 aromatic rings. The first-order chi connectivity index (χ1) is 10.3. The first kappa shape index (κ1) is 14.1. The van der Waals surface area contributed by atoms with Crippen LogP contribution in [0.1, 0.15) is 13.3 Å². The van der Waals surface area contributed by atoms with E-state index in [4.69, 9.17) is 16.3 Å². The minimum atomic E-state index is 0.544. The third-order valence-corrected chi connectivity index (χ3v) is 3.88. The summed E-state index contributed by atoms with van der Waals surface area (Å²) in [6.45, 7) is 2.92. The van der Waals surface area contributed by atoms with Crippen molar-refractivity contribution in [3.63, 3.8) is 0 Å². The van der Waals surface area contributed by atoms with Crippen LogP contribution in [0.25, 0.3) is 10.2 Å². The Labute approximate surface area is 131 Å². The van der Waals surface area contributed by atoms with E-state index in [1.807, 2.05) is 29.6 Å². The standard InChI is InChI=1S/C15H14ClN3OS/c1-2-7-17-15-18-13(12-6-8-21-14(12)19-15)20-11-5-3-4-10(16)9-11/h3-6,8-9H,2,7H2,1H3,(H,17,18,19). The summed E-state index contributed by atoms with van der Waals surface area (Å²) in [4.78, 5) is 9.84. The van der Waals surface area contributed by atoms with Gasteiger partial charge in [-0.3, -0.25) is 0 Å². The summed E-state index contributed by atoms with van der Waals surface area (Å²) in [5.74, 6) is 1.79. The Morgan fingerprint density at radius 1 is 1.29 bits per heavy atom. The molecule has 1 N–H and O–H groups in total. The maximum atomic E-state index is 5.98. The van der Waals surface area contributed by atoms with Crippen molar-refractivity contribution in [2.45, 2.75) is 13.3 Å². The fourth-order valence-electron chi connectivity index (χ4n) is 1.86. The van der Waals surface area contributed by atoms with Crippen LogP contribution in [-0.2, 0) is 0 Å². The molecule has 6 heteroatoms. The molecule has 0 fully saturated rings. The molecule has 0 atom stereocenters. The molecule has 0 spiro atoms. The molecular weight excluding hydrogens is 306 g/mol. The third-order valence-electron chi connectivity index (χ3n) is 2.83. The summed E-state index contributed by atoms with van der Waals surface area (Å²) >= 11 is 7.55. The first-order valence-electron chi connectivity index (χ1n) is 6.69. The second-order valence-corrected chi connectivity index (χ2v) is 5.81. The van der Waals surface area contributed by atoms with Gasteiger partial charge in [0, 0.05) is 11.6 Å². The fourth-order valence-corrected chi connectivity index (χ4v) is 2.80. The maximum Gasteiger partial charge on any atom is 0.232 e. The molecule has 4 nitrogen and oxygen atoms in total. The minimum Gasteiger partial charge on any atom is -0.438 e. The van der Waals surface area contributed by atoms with Crippen LogP contribution >= 0.6 is 22.9 Å². The van der Waals surface area contributed by atoms with Gasteiger partial charge in [0.25, 0.3) is 0 Å². The van der Waals surface area contributed by atoms with E-state index in [1.54, 1.807) is 17.4 Å². The van der Waals surface area contributed by atoms with Crippen molar-refractivity contribution >= 4 is 39.1 Å². The summed E-state index contributed by atoms with van der Waals surface area (Å²) in [6.07, 6.45) is 1.01. The Hall–Kier alpha value is -1.85. The third kappa shape index (κ3) is 3.25. The molecule has 0 saturated heterocycles. The average molecular weight is 320 g/mol. The predicted octanol–water partition coefficient (Wildman–Crippen LogP) is 4.96. The van der Waals surface area contributed by atoms with E-state index in [2.05, 4.69) is 22.2 Å². The molecule has 2 aromatic heterocycles. The van der Waals surface area contributed by atoms with Crippen LogP contribution in [0.3, 0.4) is 0 Å². The second kappa shape index (κ2) is 6.28. The lowest BCUT2D eigenvalue weighted by molar-refractivity contribution is 0.469. The number of benzene rings is 1. The molecule has 2 heterocycles. The minimum absolute atomic E-state index is 0.544. The van der Waals surface area contributed by atoms with E-state index in [-0.39, 0.29) is 0 Å². The summed E-state index contributed by atoms with van der Waals surface area (Å²) < 4.78 is 5.88. The van der Waals surface area contributed by atoms with Gasteiger partial charge in [-0.25, -0.2) is 4.98 Å². The van der Waals surface area contributed by atoms with E-state index in [0.29, 0.717) is 22.6 Å². The number of hydrogen-bond acceptors (Lipinski definition) is 5. The molecular formula is C15H14ClN3OS. The van der Waals surface area contributed by atoms with Crippen LogP contribution in [0.4, 0.5) is 5.95 Å². The summed E-state index contributed by atoms with van der Waals surface area (Å²) in [5, 5.41) is 6.71. The number of hydrogen-bond donors (Lipinski definition) is 1. The van der Waals surface area contributed by atoms with Gasteiger partial charge in [-0.05, 0) is 36.1 Å². The quantitative estimate of drug-likeness (QED) is 0.722. The molecule has 1 aromatic carbocycles. The van der Waals surface area contributed by atoms with Gasteiger partial charge in [0.1, 0.15) is 10.6 Å². The van der Waals surface area contributed by atoms with Gasteiger partial charge >= 0.3 is 0 Å². The van der Waals surface area contributed by atoms with Gasteiger partial charge in [0.2, 0.25) is 11.8 Å². The van der Waals surface area contributed by atoms with Gasteiger partial charge in [0.15, 0.2) is 0 Å². The highest BCUT2D eigenvalue weighted by atomic mass is 35.5. The number of halogens is 1. The Morgan fingerprint density at radius 2 is 2.19 bits per heavy atom. The van der Waals surface area contributed by atoms with Gasteiger partial charge in [-0.1, -0.05) is 24.6 Å². The largest absolute Gasteiger partial charge is 0.438 e. The first-order valence-corrected chi connectivity index (χ1v) is 7.94. The smallest absolute Gasteiger partial charge is 0.232 e. The Balaban J connectivity index is 1.97. The van der Waals surface area contributed by atoms with E-state index in [1.165, 1.54) is 0 Å². The highest BCUT2D eigenvalue weighted by Gasteiger charge is 2.11. The molecule has 0 saturated carbocycles. The van der Waals surface area contributed by atoms with Gasteiger partial charge in [-0.2, -0.15) is 4.98 Å². The van der Waals surface area contributed by atoms with Crippen molar-refractivity contribution < 1.29 is 4.74 Å². The number of rotatable bonds is 5. The van der Waals surface area contributed by atoms with Crippen LogP contribution in [0.5, 0.6) is 11.6 Å². The summed E-state index contributed by atoms with van der Waals surface area (Å²) in [5.41, 5.74) is 0. The van der Waals surface area contributed by atoms with Crippen LogP contribution in [0, 0.1) is 0 Å². The SMILES string of the molecule is CCCNc1nc(Oc2cccc(Cl)c2)c2ccsc2n1. The number of fused-ring (bicyclic) bond motifs is 1.